The molecule has 11 atom stereocenters. The van der Waals surface area contributed by atoms with E-state index >= 15 is 0 Å². The molecule has 0 spiro atoms. The smallest absolute Gasteiger partial charge is 0.187 e. The minimum atomic E-state index is -1.62. The van der Waals surface area contributed by atoms with E-state index in [1.54, 1.807) is 0 Å². The second kappa shape index (κ2) is 11.6. The van der Waals surface area contributed by atoms with Gasteiger partial charge >= 0.3 is 0 Å². The predicted molar refractivity (Wildman–Crippen MR) is 113 cm³/mol. The third-order valence-corrected chi connectivity index (χ3v) is 6.58. The quantitative estimate of drug-likeness (QED) is 0.191. The molecule has 0 aromatic heterocycles. The van der Waals surface area contributed by atoms with Gasteiger partial charge in [-0.1, -0.05) is 18.2 Å². The van der Waals surface area contributed by atoms with Gasteiger partial charge in [-0.05, 0) is 37.7 Å². The van der Waals surface area contributed by atoms with Crippen molar-refractivity contribution in [3.05, 3.63) is 23.8 Å². The van der Waals surface area contributed by atoms with Gasteiger partial charge in [0.2, 0.25) is 0 Å². The summed E-state index contributed by atoms with van der Waals surface area (Å²) < 4.78 is 22.0. The first-order valence-corrected chi connectivity index (χ1v) is 11.2. The van der Waals surface area contributed by atoms with E-state index in [1.807, 2.05) is 6.92 Å². The van der Waals surface area contributed by atoms with E-state index in [9.17, 15) is 35.7 Å². The van der Waals surface area contributed by atoms with Crippen LogP contribution in [0.4, 0.5) is 0 Å². The van der Waals surface area contributed by atoms with Crippen molar-refractivity contribution in [2.24, 2.45) is 5.92 Å². The number of allylic oxidation sites excluding steroid dienone is 2. The third-order valence-electron chi connectivity index (χ3n) is 6.58. The van der Waals surface area contributed by atoms with Gasteiger partial charge in [0, 0.05) is 0 Å². The fourth-order valence-electron chi connectivity index (χ4n) is 4.24. The summed E-state index contributed by atoms with van der Waals surface area (Å²) in [5.41, 5.74) is 2.18. The summed E-state index contributed by atoms with van der Waals surface area (Å²) >= 11 is 0. The number of aliphatic hydroxyl groups excluding tert-OH is 7. The SMILES string of the molecule is C=C(C)[C@H]1CC=C(CO[C@@H]2O[C@H](CO[C@@H]3O[C@H](CO)[C@@H](O)[C@H](O)[C@H]3O)[C@@H](O)[C@H](O)[C@H]2O)CC1. The molecule has 2 fully saturated rings. The Labute approximate surface area is 192 Å². The second-order valence-electron chi connectivity index (χ2n) is 9.04. The van der Waals surface area contributed by atoms with Crippen LogP contribution in [0.5, 0.6) is 0 Å². The fraction of sp³-hybridized carbons (Fsp3) is 0.818. The zero-order valence-corrected chi connectivity index (χ0v) is 18.6. The molecule has 2 heterocycles. The lowest BCUT2D eigenvalue weighted by Crippen LogP contribution is -2.61. The largest absolute Gasteiger partial charge is 0.394 e. The Morgan fingerprint density at radius 2 is 1.48 bits per heavy atom. The highest BCUT2D eigenvalue weighted by molar-refractivity contribution is 5.12. The molecular weight excluding hydrogens is 440 g/mol. The van der Waals surface area contributed by atoms with Crippen molar-refractivity contribution >= 4 is 0 Å². The van der Waals surface area contributed by atoms with Crippen LogP contribution in [0.25, 0.3) is 0 Å². The maximum atomic E-state index is 10.3. The van der Waals surface area contributed by atoms with Gasteiger partial charge in [-0.3, -0.25) is 0 Å². The number of rotatable bonds is 8. The Morgan fingerprint density at radius 1 is 0.909 bits per heavy atom. The van der Waals surface area contributed by atoms with Crippen LogP contribution in [-0.2, 0) is 18.9 Å². The number of ether oxygens (including phenoxy) is 4. The topological polar surface area (TPSA) is 179 Å². The fourth-order valence-corrected chi connectivity index (χ4v) is 4.24. The molecule has 11 heteroatoms. The van der Waals surface area contributed by atoms with E-state index < -0.39 is 74.6 Å². The monoisotopic (exact) mass is 476 g/mol. The van der Waals surface area contributed by atoms with Crippen molar-refractivity contribution in [1.29, 1.82) is 0 Å². The number of aliphatic hydroxyl groups is 7. The molecule has 0 aromatic carbocycles. The normalized spacial score (nSPS) is 44.4. The van der Waals surface area contributed by atoms with Crippen molar-refractivity contribution < 1.29 is 54.7 Å². The molecule has 7 N–H and O–H groups in total. The molecule has 0 aromatic rings. The van der Waals surface area contributed by atoms with Gasteiger partial charge in [-0.25, -0.2) is 0 Å². The molecular formula is C22H36O11. The van der Waals surface area contributed by atoms with Crippen molar-refractivity contribution in [3.63, 3.8) is 0 Å². The molecule has 33 heavy (non-hydrogen) atoms. The highest BCUT2D eigenvalue weighted by atomic mass is 16.7. The van der Waals surface area contributed by atoms with Crippen molar-refractivity contribution in [3.8, 4) is 0 Å². The summed E-state index contributed by atoms with van der Waals surface area (Å²) in [4.78, 5) is 0. The predicted octanol–water partition coefficient (Wildman–Crippen LogP) is -2.07. The molecule has 0 bridgehead atoms. The Hall–Kier alpha value is -0.960. The van der Waals surface area contributed by atoms with Crippen LogP contribution >= 0.6 is 0 Å². The molecule has 11 nitrogen and oxygen atoms in total. The average Bonchev–Trinajstić information content (AvgIpc) is 2.81. The molecule has 0 radical (unpaired) electrons. The minimum Gasteiger partial charge on any atom is -0.394 e. The molecule has 190 valence electrons. The van der Waals surface area contributed by atoms with Crippen LogP contribution in [0, 0.1) is 5.92 Å². The van der Waals surface area contributed by atoms with Crippen molar-refractivity contribution in [1.82, 2.24) is 0 Å². The average molecular weight is 477 g/mol. The van der Waals surface area contributed by atoms with Crippen LogP contribution in [0.3, 0.4) is 0 Å². The molecule has 2 saturated heterocycles. The van der Waals surface area contributed by atoms with Gasteiger partial charge in [0.15, 0.2) is 12.6 Å². The molecule has 3 rings (SSSR count). The summed E-state index contributed by atoms with van der Waals surface area (Å²) in [7, 11) is 0. The maximum Gasteiger partial charge on any atom is 0.187 e. The van der Waals surface area contributed by atoms with Crippen molar-refractivity contribution in [2.45, 2.75) is 87.6 Å². The summed E-state index contributed by atoms with van der Waals surface area (Å²) in [5.74, 6) is 0.436. The maximum absolute atomic E-state index is 10.3. The highest BCUT2D eigenvalue weighted by Gasteiger charge is 2.47. The van der Waals surface area contributed by atoms with Gasteiger partial charge < -0.3 is 54.7 Å². The zero-order valence-electron chi connectivity index (χ0n) is 18.6. The lowest BCUT2D eigenvalue weighted by atomic mass is 9.86. The lowest BCUT2D eigenvalue weighted by Gasteiger charge is -2.42. The molecule has 2 aliphatic heterocycles. The molecule has 0 unspecified atom stereocenters. The van der Waals surface area contributed by atoms with Crippen LogP contribution in [-0.4, -0.2) is 117 Å². The highest BCUT2D eigenvalue weighted by Crippen LogP contribution is 2.30. The second-order valence-corrected chi connectivity index (χ2v) is 9.04. The van der Waals surface area contributed by atoms with E-state index in [1.165, 1.54) is 0 Å². The first-order valence-electron chi connectivity index (χ1n) is 11.2. The van der Waals surface area contributed by atoms with Gasteiger partial charge in [-0.15, -0.1) is 0 Å². The Bertz CT molecular complexity index is 683. The zero-order chi connectivity index (χ0) is 24.3. The Kier molecular flexibility index (Phi) is 9.40. The molecule has 0 saturated carbocycles. The summed E-state index contributed by atoms with van der Waals surface area (Å²) in [6.07, 6.45) is -9.59. The Morgan fingerprint density at radius 3 is 2.03 bits per heavy atom. The van der Waals surface area contributed by atoms with Crippen LogP contribution < -0.4 is 0 Å². The van der Waals surface area contributed by atoms with Gasteiger partial charge in [-0.2, -0.15) is 0 Å². The summed E-state index contributed by atoms with van der Waals surface area (Å²) in [6, 6.07) is 0. The van der Waals surface area contributed by atoms with Gasteiger partial charge in [0.1, 0.15) is 48.8 Å². The van der Waals surface area contributed by atoms with Gasteiger partial charge in [0.25, 0.3) is 0 Å². The van der Waals surface area contributed by atoms with Crippen molar-refractivity contribution in [2.75, 3.05) is 19.8 Å². The molecule has 3 aliphatic rings. The summed E-state index contributed by atoms with van der Waals surface area (Å²) in [5, 5.41) is 69.8. The molecule has 0 amide bonds. The summed E-state index contributed by atoms with van der Waals surface area (Å²) in [6.45, 7) is 5.18. The van der Waals surface area contributed by atoms with E-state index in [-0.39, 0.29) is 6.61 Å². The van der Waals surface area contributed by atoms with Crippen LogP contribution in [0.15, 0.2) is 23.8 Å². The van der Waals surface area contributed by atoms with Crippen LogP contribution in [0.2, 0.25) is 0 Å². The third kappa shape index (κ3) is 6.19. The van der Waals surface area contributed by atoms with E-state index in [2.05, 4.69) is 12.7 Å². The van der Waals surface area contributed by atoms with E-state index in [0.717, 1.165) is 30.4 Å². The first kappa shape index (κ1) is 26.6. The van der Waals surface area contributed by atoms with E-state index in [0.29, 0.717) is 5.92 Å². The lowest BCUT2D eigenvalue weighted by molar-refractivity contribution is -0.330. The number of hydrogen-bond acceptors (Lipinski definition) is 11. The standard InChI is InChI=1S/C22H36O11/c1-10(2)12-5-3-11(4-6-12)8-30-21-20(29)18(27)16(25)14(33-21)9-31-22-19(28)17(26)15(24)13(7-23)32-22/h3,12-29H,1,4-9H2,2H3/t12-,13+,14+,15+,16+,17-,18-,19+,20+,21+,22+/m0/s1. The van der Waals surface area contributed by atoms with E-state index in [4.69, 9.17) is 18.9 Å². The first-order chi connectivity index (χ1) is 15.6. The van der Waals surface area contributed by atoms with Gasteiger partial charge in [0.05, 0.1) is 19.8 Å². The van der Waals surface area contributed by atoms with Crippen LogP contribution in [0.1, 0.15) is 26.2 Å². The Balaban J connectivity index is 1.55. The molecule has 1 aliphatic carbocycles. The number of hydrogen-bond donors (Lipinski definition) is 7. The minimum absolute atomic E-state index is 0.188.